The van der Waals surface area contributed by atoms with Crippen LogP contribution in [-0.2, 0) is 16.0 Å². The minimum absolute atomic E-state index is 0.132. The third-order valence-corrected chi connectivity index (χ3v) is 3.00. The molecular formula is C13H18N2O2. The highest BCUT2D eigenvalue weighted by Gasteiger charge is 2.20. The van der Waals surface area contributed by atoms with Gasteiger partial charge in [0.1, 0.15) is 0 Å². The van der Waals surface area contributed by atoms with Crippen molar-refractivity contribution in [2.45, 2.75) is 19.3 Å². The van der Waals surface area contributed by atoms with E-state index >= 15 is 0 Å². The second-order valence-corrected chi connectivity index (χ2v) is 4.25. The summed E-state index contributed by atoms with van der Waals surface area (Å²) in [4.78, 5) is 16.0. The van der Waals surface area contributed by atoms with Crippen LogP contribution in [0.15, 0.2) is 24.4 Å². The molecule has 0 saturated carbocycles. The standard InChI is InChI=1S/C13H18N2O2/c16-13(11-5-9-17-10-6-11)15-8-4-12-3-1-2-7-14-12/h1-3,7,11H,4-6,8-10H2,(H,15,16). The van der Waals surface area contributed by atoms with Gasteiger partial charge in [-0.1, -0.05) is 6.07 Å². The molecule has 1 N–H and O–H groups in total. The fourth-order valence-corrected chi connectivity index (χ4v) is 1.96. The number of carbonyl (C=O) groups excluding carboxylic acids is 1. The Kier molecular flexibility index (Phi) is 4.50. The zero-order chi connectivity index (χ0) is 11.9. The molecule has 2 heterocycles. The van der Waals surface area contributed by atoms with E-state index in [1.165, 1.54) is 0 Å². The number of hydrogen-bond acceptors (Lipinski definition) is 3. The van der Waals surface area contributed by atoms with Crippen LogP contribution in [0.1, 0.15) is 18.5 Å². The lowest BCUT2D eigenvalue weighted by atomic mass is 9.99. The Morgan fingerprint density at radius 2 is 2.24 bits per heavy atom. The van der Waals surface area contributed by atoms with Crippen molar-refractivity contribution in [1.29, 1.82) is 0 Å². The lowest BCUT2D eigenvalue weighted by molar-refractivity contribution is -0.127. The number of rotatable bonds is 4. The van der Waals surface area contributed by atoms with Gasteiger partial charge in [0.05, 0.1) is 0 Å². The van der Waals surface area contributed by atoms with E-state index in [9.17, 15) is 4.79 Å². The number of hydrogen-bond donors (Lipinski definition) is 1. The van der Waals surface area contributed by atoms with Gasteiger partial charge >= 0.3 is 0 Å². The minimum Gasteiger partial charge on any atom is -0.381 e. The maximum Gasteiger partial charge on any atom is 0.223 e. The summed E-state index contributed by atoms with van der Waals surface area (Å²) in [7, 11) is 0. The summed E-state index contributed by atoms with van der Waals surface area (Å²) < 4.78 is 5.23. The molecule has 1 fully saturated rings. The molecule has 1 amide bonds. The average molecular weight is 234 g/mol. The van der Waals surface area contributed by atoms with E-state index in [-0.39, 0.29) is 11.8 Å². The van der Waals surface area contributed by atoms with Gasteiger partial charge in [0.2, 0.25) is 5.91 Å². The normalized spacial score (nSPS) is 16.7. The molecule has 0 aliphatic carbocycles. The maximum atomic E-state index is 11.8. The average Bonchev–Trinajstić information content (AvgIpc) is 2.41. The van der Waals surface area contributed by atoms with Gasteiger partial charge in [-0.05, 0) is 25.0 Å². The van der Waals surface area contributed by atoms with Crippen molar-refractivity contribution in [2.24, 2.45) is 5.92 Å². The Morgan fingerprint density at radius 3 is 2.94 bits per heavy atom. The summed E-state index contributed by atoms with van der Waals surface area (Å²) in [6.45, 7) is 2.07. The Balaban J connectivity index is 1.69. The number of pyridine rings is 1. The van der Waals surface area contributed by atoms with Gasteiger partial charge in [-0.3, -0.25) is 9.78 Å². The fraction of sp³-hybridized carbons (Fsp3) is 0.538. The van der Waals surface area contributed by atoms with Gasteiger partial charge < -0.3 is 10.1 Å². The van der Waals surface area contributed by atoms with E-state index in [0.29, 0.717) is 19.8 Å². The Labute approximate surface area is 101 Å². The molecule has 1 saturated heterocycles. The highest BCUT2D eigenvalue weighted by atomic mass is 16.5. The minimum atomic E-state index is 0.132. The maximum absolute atomic E-state index is 11.8. The number of ether oxygens (including phenoxy) is 1. The highest BCUT2D eigenvalue weighted by molar-refractivity contribution is 5.78. The van der Waals surface area contributed by atoms with E-state index in [4.69, 9.17) is 4.74 Å². The first-order valence-electron chi connectivity index (χ1n) is 6.11. The molecule has 0 spiro atoms. The molecule has 0 atom stereocenters. The van der Waals surface area contributed by atoms with Crippen LogP contribution in [0.3, 0.4) is 0 Å². The Bertz CT molecular complexity index is 348. The van der Waals surface area contributed by atoms with E-state index in [0.717, 1.165) is 25.0 Å². The van der Waals surface area contributed by atoms with Crippen LogP contribution in [0, 0.1) is 5.92 Å². The van der Waals surface area contributed by atoms with Crippen LogP contribution in [0.5, 0.6) is 0 Å². The van der Waals surface area contributed by atoms with E-state index in [2.05, 4.69) is 10.3 Å². The van der Waals surface area contributed by atoms with Gasteiger partial charge in [0.15, 0.2) is 0 Å². The molecule has 4 nitrogen and oxygen atoms in total. The molecule has 4 heteroatoms. The van der Waals surface area contributed by atoms with E-state index in [1.807, 2.05) is 18.2 Å². The number of nitrogens with one attached hydrogen (secondary N) is 1. The third-order valence-electron chi connectivity index (χ3n) is 3.00. The number of aromatic nitrogens is 1. The van der Waals surface area contributed by atoms with Crippen molar-refractivity contribution in [3.8, 4) is 0 Å². The van der Waals surface area contributed by atoms with Crippen LogP contribution in [-0.4, -0.2) is 30.6 Å². The summed E-state index contributed by atoms with van der Waals surface area (Å²) in [5.74, 6) is 0.289. The van der Waals surface area contributed by atoms with Crippen LogP contribution >= 0.6 is 0 Å². The predicted octanol–water partition coefficient (Wildman–Crippen LogP) is 1.17. The molecule has 1 aliphatic rings. The quantitative estimate of drug-likeness (QED) is 0.850. The summed E-state index contributed by atoms with van der Waals surface area (Å²) in [5.41, 5.74) is 1.01. The van der Waals surface area contributed by atoms with Crippen molar-refractivity contribution in [3.63, 3.8) is 0 Å². The summed E-state index contributed by atoms with van der Waals surface area (Å²) in [6, 6.07) is 5.83. The lowest BCUT2D eigenvalue weighted by Crippen LogP contribution is -2.35. The number of nitrogens with zero attached hydrogens (tertiary/aromatic N) is 1. The fourth-order valence-electron chi connectivity index (χ4n) is 1.96. The second-order valence-electron chi connectivity index (χ2n) is 4.25. The molecule has 17 heavy (non-hydrogen) atoms. The number of amides is 1. The predicted molar refractivity (Wildman–Crippen MR) is 64.5 cm³/mol. The first-order chi connectivity index (χ1) is 8.36. The van der Waals surface area contributed by atoms with Gasteiger partial charge in [0.25, 0.3) is 0 Å². The molecule has 0 radical (unpaired) electrons. The zero-order valence-corrected chi connectivity index (χ0v) is 9.89. The largest absolute Gasteiger partial charge is 0.381 e. The Hall–Kier alpha value is -1.42. The number of carbonyl (C=O) groups is 1. The van der Waals surface area contributed by atoms with Crippen molar-refractivity contribution in [1.82, 2.24) is 10.3 Å². The SMILES string of the molecule is O=C(NCCc1ccccn1)C1CCOCC1. The van der Waals surface area contributed by atoms with Gasteiger partial charge in [-0.25, -0.2) is 0 Å². The molecule has 0 bridgehead atoms. The van der Waals surface area contributed by atoms with Crippen molar-refractivity contribution in [3.05, 3.63) is 30.1 Å². The molecule has 1 aromatic heterocycles. The summed E-state index contributed by atoms with van der Waals surface area (Å²) in [5, 5.41) is 2.97. The molecule has 1 aromatic rings. The molecule has 0 unspecified atom stereocenters. The monoisotopic (exact) mass is 234 g/mol. The Morgan fingerprint density at radius 1 is 1.41 bits per heavy atom. The second kappa shape index (κ2) is 6.35. The smallest absolute Gasteiger partial charge is 0.223 e. The molecule has 0 aromatic carbocycles. The van der Waals surface area contributed by atoms with E-state index in [1.54, 1.807) is 6.20 Å². The highest BCUT2D eigenvalue weighted by Crippen LogP contribution is 2.14. The molecule has 92 valence electrons. The molecule has 1 aliphatic heterocycles. The topological polar surface area (TPSA) is 51.2 Å². The molecule has 2 rings (SSSR count). The van der Waals surface area contributed by atoms with Crippen LogP contribution in [0.2, 0.25) is 0 Å². The zero-order valence-electron chi connectivity index (χ0n) is 9.89. The van der Waals surface area contributed by atoms with Gasteiger partial charge in [-0.15, -0.1) is 0 Å². The van der Waals surface area contributed by atoms with Gasteiger partial charge in [0, 0.05) is 44.0 Å². The lowest BCUT2D eigenvalue weighted by Gasteiger charge is -2.21. The first kappa shape index (κ1) is 12.0. The molecular weight excluding hydrogens is 216 g/mol. The van der Waals surface area contributed by atoms with Gasteiger partial charge in [-0.2, -0.15) is 0 Å². The van der Waals surface area contributed by atoms with Crippen molar-refractivity contribution >= 4 is 5.91 Å². The summed E-state index contributed by atoms with van der Waals surface area (Å²) >= 11 is 0. The first-order valence-corrected chi connectivity index (χ1v) is 6.11. The van der Waals surface area contributed by atoms with Crippen molar-refractivity contribution < 1.29 is 9.53 Å². The van der Waals surface area contributed by atoms with Crippen LogP contribution in [0.25, 0.3) is 0 Å². The van der Waals surface area contributed by atoms with Crippen molar-refractivity contribution in [2.75, 3.05) is 19.8 Å². The van der Waals surface area contributed by atoms with E-state index < -0.39 is 0 Å². The van der Waals surface area contributed by atoms with Crippen LogP contribution < -0.4 is 5.32 Å². The summed E-state index contributed by atoms with van der Waals surface area (Å²) in [6.07, 6.45) is 4.25. The van der Waals surface area contributed by atoms with Crippen LogP contribution in [0.4, 0.5) is 0 Å². The third kappa shape index (κ3) is 3.82.